The van der Waals surface area contributed by atoms with Crippen molar-refractivity contribution >= 4 is 5.91 Å². The van der Waals surface area contributed by atoms with Crippen molar-refractivity contribution in [1.29, 1.82) is 0 Å². The molecular formula is C20H29NO4. The fraction of sp³-hybridized carbons (Fsp3) is 0.650. The fourth-order valence-corrected chi connectivity index (χ4v) is 3.95. The Morgan fingerprint density at radius 1 is 1.40 bits per heavy atom. The van der Waals surface area contributed by atoms with E-state index in [1.807, 2.05) is 29.2 Å². The molecule has 1 saturated heterocycles. The summed E-state index contributed by atoms with van der Waals surface area (Å²) in [7, 11) is 0. The minimum atomic E-state index is -0.312. The topological polar surface area (TPSA) is 59.0 Å². The largest absolute Gasteiger partial charge is 0.494 e. The number of nitrogens with zero attached hydrogens (tertiary/aromatic N) is 1. The Bertz CT molecular complexity index is 577. The minimum Gasteiger partial charge on any atom is -0.494 e. The lowest BCUT2D eigenvalue weighted by Crippen LogP contribution is -2.54. The predicted octanol–water partition coefficient (Wildman–Crippen LogP) is 2.41. The van der Waals surface area contributed by atoms with Crippen molar-refractivity contribution in [3.63, 3.8) is 0 Å². The van der Waals surface area contributed by atoms with Gasteiger partial charge in [-0.3, -0.25) is 4.79 Å². The second kappa shape index (κ2) is 8.68. The minimum absolute atomic E-state index is 0.00160. The first-order valence-electron chi connectivity index (χ1n) is 9.46. The van der Waals surface area contributed by atoms with Crippen LogP contribution in [-0.2, 0) is 16.0 Å². The first-order chi connectivity index (χ1) is 12.2. The van der Waals surface area contributed by atoms with E-state index < -0.39 is 0 Å². The third kappa shape index (κ3) is 4.53. The monoisotopic (exact) mass is 347 g/mol. The molecule has 1 aliphatic carbocycles. The van der Waals surface area contributed by atoms with Gasteiger partial charge in [0, 0.05) is 12.5 Å². The fourth-order valence-electron chi connectivity index (χ4n) is 3.95. The molecule has 0 bridgehead atoms. The van der Waals surface area contributed by atoms with E-state index in [0.29, 0.717) is 32.8 Å². The van der Waals surface area contributed by atoms with Gasteiger partial charge in [0.1, 0.15) is 5.75 Å². The summed E-state index contributed by atoms with van der Waals surface area (Å²) in [4.78, 5) is 14.8. The van der Waals surface area contributed by atoms with Crippen LogP contribution in [0.15, 0.2) is 24.3 Å². The summed E-state index contributed by atoms with van der Waals surface area (Å²) in [6.45, 7) is 4.47. The van der Waals surface area contributed by atoms with Crippen molar-refractivity contribution in [1.82, 2.24) is 4.90 Å². The van der Waals surface area contributed by atoms with Gasteiger partial charge in [0.2, 0.25) is 5.91 Å². The number of benzene rings is 1. The zero-order valence-corrected chi connectivity index (χ0v) is 15.0. The Kier molecular flexibility index (Phi) is 6.32. The first kappa shape index (κ1) is 18.2. The Balaban J connectivity index is 1.66. The van der Waals surface area contributed by atoms with Crippen molar-refractivity contribution < 1.29 is 19.4 Å². The summed E-state index contributed by atoms with van der Waals surface area (Å²) >= 11 is 0. The summed E-state index contributed by atoms with van der Waals surface area (Å²) in [5.74, 6) is 1.07. The lowest BCUT2D eigenvalue weighted by atomic mass is 9.93. The maximum Gasteiger partial charge on any atom is 0.227 e. The molecular weight excluding hydrogens is 318 g/mol. The molecule has 3 rings (SSSR count). The number of ether oxygens (including phenoxy) is 2. The zero-order chi connectivity index (χ0) is 17.6. The molecule has 25 heavy (non-hydrogen) atoms. The van der Waals surface area contributed by atoms with Crippen LogP contribution in [0.5, 0.6) is 5.75 Å². The molecule has 1 aliphatic heterocycles. The number of aliphatic hydroxyl groups excluding tert-OH is 1. The smallest absolute Gasteiger partial charge is 0.227 e. The number of hydrogen-bond acceptors (Lipinski definition) is 4. The van der Waals surface area contributed by atoms with Crippen LogP contribution in [0.4, 0.5) is 0 Å². The Hall–Kier alpha value is -1.59. The highest BCUT2D eigenvalue weighted by Crippen LogP contribution is 2.32. The third-order valence-corrected chi connectivity index (χ3v) is 5.24. The van der Waals surface area contributed by atoms with Crippen molar-refractivity contribution in [2.75, 3.05) is 26.4 Å². The van der Waals surface area contributed by atoms with E-state index in [1.165, 1.54) is 0 Å². The van der Waals surface area contributed by atoms with Crippen LogP contribution in [0.2, 0.25) is 0 Å². The van der Waals surface area contributed by atoms with E-state index in [1.54, 1.807) is 0 Å². The average molecular weight is 347 g/mol. The lowest BCUT2D eigenvalue weighted by Gasteiger charge is -2.40. The maximum absolute atomic E-state index is 12.9. The molecule has 5 heteroatoms. The van der Waals surface area contributed by atoms with Crippen LogP contribution in [-0.4, -0.2) is 54.4 Å². The quantitative estimate of drug-likeness (QED) is 0.858. The van der Waals surface area contributed by atoms with Gasteiger partial charge in [-0.25, -0.2) is 0 Å². The molecule has 0 spiro atoms. The number of aliphatic hydroxyl groups is 1. The molecule has 2 aliphatic rings. The van der Waals surface area contributed by atoms with Crippen LogP contribution in [0.25, 0.3) is 0 Å². The molecule has 3 atom stereocenters. The van der Waals surface area contributed by atoms with Crippen molar-refractivity contribution in [2.24, 2.45) is 5.92 Å². The van der Waals surface area contributed by atoms with E-state index in [2.05, 4.69) is 6.92 Å². The number of morpholine rings is 1. The van der Waals surface area contributed by atoms with E-state index in [4.69, 9.17) is 9.47 Å². The molecule has 5 nitrogen and oxygen atoms in total. The molecule has 1 aromatic rings. The third-order valence-electron chi connectivity index (χ3n) is 5.24. The van der Waals surface area contributed by atoms with Crippen LogP contribution >= 0.6 is 0 Å². The normalized spacial score (nSPS) is 26.6. The molecule has 2 fully saturated rings. The highest BCUT2D eigenvalue weighted by molar-refractivity contribution is 5.79. The van der Waals surface area contributed by atoms with E-state index in [0.717, 1.165) is 37.0 Å². The Labute approximate surface area is 149 Å². The van der Waals surface area contributed by atoms with E-state index in [-0.39, 0.29) is 24.0 Å². The van der Waals surface area contributed by atoms with Crippen LogP contribution in [0.3, 0.4) is 0 Å². The summed E-state index contributed by atoms with van der Waals surface area (Å²) in [5.41, 5.74) is 0.968. The summed E-state index contributed by atoms with van der Waals surface area (Å²) in [6.07, 6.45) is 3.85. The molecule has 0 radical (unpaired) electrons. The highest BCUT2D eigenvalue weighted by atomic mass is 16.5. The molecule has 1 saturated carbocycles. The number of hydrogen-bond donors (Lipinski definition) is 1. The molecule has 0 aromatic heterocycles. The number of carbonyl (C=O) groups is 1. The SMILES string of the molecule is CCCOc1cccc(CC(=O)N2CCOCC2C2CCCC2O)c1. The highest BCUT2D eigenvalue weighted by Gasteiger charge is 2.39. The second-order valence-corrected chi connectivity index (χ2v) is 7.06. The van der Waals surface area contributed by atoms with Crippen molar-refractivity contribution in [2.45, 2.75) is 51.2 Å². The Morgan fingerprint density at radius 3 is 3.04 bits per heavy atom. The lowest BCUT2D eigenvalue weighted by molar-refractivity contribution is -0.143. The van der Waals surface area contributed by atoms with Gasteiger partial charge in [-0.05, 0) is 37.0 Å². The van der Waals surface area contributed by atoms with Gasteiger partial charge in [-0.1, -0.05) is 25.5 Å². The maximum atomic E-state index is 12.9. The standard InChI is InChI=1S/C20H29NO4/c1-2-10-25-16-6-3-5-15(12-16)13-20(23)21-9-11-24-14-18(21)17-7-4-8-19(17)22/h3,5-6,12,17-19,22H,2,4,7-11,13-14H2,1H3. The first-order valence-corrected chi connectivity index (χ1v) is 9.46. The van der Waals surface area contributed by atoms with Crippen molar-refractivity contribution in [3.8, 4) is 5.75 Å². The van der Waals surface area contributed by atoms with Gasteiger partial charge in [0.15, 0.2) is 0 Å². The zero-order valence-electron chi connectivity index (χ0n) is 15.0. The van der Waals surface area contributed by atoms with E-state index >= 15 is 0 Å². The summed E-state index contributed by atoms with van der Waals surface area (Å²) in [5, 5.41) is 10.2. The molecule has 1 heterocycles. The van der Waals surface area contributed by atoms with Crippen LogP contribution < -0.4 is 4.74 Å². The van der Waals surface area contributed by atoms with E-state index in [9.17, 15) is 9.90 Å². The molecule has 3 unspecified atom stereocenters. The van der Waals surface area contributed by atoms with Gasteiger partial charge in [0.05, 0.1) is 38.4 Å². The van der Waals surface area contributed by atoms with Gasteiger partial charge in [0.25, 0.3) is 0 Å². The van der Waals surface area contributed by atoms with Gasteiger partial charge in [-0.2, -0.15) is 0 Å². The molecule has 1 aromatic carbocycles. The molecule has 138 valence electrons. The van der Waals surface area contributed by atoms with Gasteiger partial charge < -0.3 is 19.5 Å². The predicted molar refractivity (Wildman–Crippen MR) is 95.6 cm³/mol. The summed E-state index contributed by atoms with van der Waals surface area (Å²) < 4.78 is 11.3. The Morgan fingerprint density at radius 2 is 2.28 bits per heavy atom. The van der Waals surface area contributed by atoms with Crippen LogP contribution in [0.1, 0.15) is 38.2 Å². The molecule has 1 N–H and O–H groups in total. The second-order valence-electron chi connectivity index (χ2n) is 7.06. The number of carbonyl (C=O) groups excluding carboxylic acids is 1. The summed E-state index contributed by atoms with van der Waals surface area (Å²) in [6, 6.07) is 7.78. The average Bonchev–Trinajstić information content (AvgIpc) is 3.06. The number of rotatable bonds is 6. The number of amides is 1. The molecule has 1 amide bonds. The van der Waals surface area contributed by atoms with Gasteiger partial charge in [-0.15, -0.1) is 0 Å². The van der Waals surface area contributed by atoms with Crippen molar-refractivity contribution in [3.05, 3.63) is 29.8 Å². The van der Waals surface area contributed by atoms with Gasteiger partial charge >= 0.3 is 0 Å². The van der Waals surface area contributed by atoms with Crippen LogP contribution in [0, 0.1) is 5.92 Å².